The Bertz CT molecular complexity index is 381. The fourth-order valence-electron chi connectivity index (χ4n) is 1.92. The molecule has 0 bridgehead atoms. The predicted molar refractivity (Wildman–Crippen MR) is 61.8 cm³/mol. The van der Waals surface area contributed by atoms with Gasteiger partial charge in [-0.2, -0.15) is 0 Å². The first-order valence-electron chi connectivity index (χ1n) is 5.26. The number of methoxy groups -OCH3 is 1. The maximum atomic E-state index is 6.16. The van der Waals surface area contributed by atoms with Crippen molar-refractivity contribution >= 4 is 11.6 Å². The zero-order valence-corrected chi connectivity index (χ0v) is 10.3. The van der Waals surface area contributed by atoms with E-state index in [2.05, 4.69) is 0 Å². The topological polar surface area (TPSA) is 27.7 Å². The molecular formula is C12H15ClO3. The zero-order valence-electron chi connectivity index (χ0n) is 9.57. The lowest BCUT2D eigenvalue weighted by molar-refractivity contribution is -0.0494. The van der Waals surface area contributed by atoms with Crippen LogP contribution in [0.2, 0.25) is 5.02 Å². The van der Waals surface area contributed by atoms with Crippen molar-refractivity contribution in [3.63, 3.8) is 0 Å². The van der Waals surface area contributed by atoms with E-state index in [0.29, 0.717) is 5.02 Å². The van der Waals surface area contributed by atoms with Crippen LogP contribution in [0.15, 0.2) is 18.2 Å². The van der Waals surface area contributed by atoms with E-state index in [0.717, 1.165) is 11.3 Å². The summed E-state index contributed by atoms with van der Waals surface area (Å²) in [5.41, 5.74) is 0.915. The fraction of sp³-hybridized carbons (Fsp3) is 0.500. The Morgan fingerprint density at radius 2 is 2.00 bits per heavy atom. The second-order valence-corrected chi connectivity index (χ2v) is 4.26. The van der Waals surface area contributed by atoms with Crippen molar-refractivity contribution in [2.24, 2.45) is 0 Å². The minimum Gasteiger partial charge on any atom is -0.497 e. The van der Waals surface area contributed by atoms with E-state index in [1.54, 1.807) is 7.11 Å². The number of hydrogen-bond donors (Lipinski definition) is 0. The molecule has 0 amide bonds. The van der Waals surface area contributed by atoms with Gasteiger partial charge in [0.2, 0.25) is 0 Å². The number of rotatable bonds is 2. The monoisotopic (exact) mass is 242 g/mol. The molecule has 2 rings (SSSR count). The van der Waals surface area contributed by atoms with E-state index in [1.165, 1.54) is 0 Å². The highest BCUT2D eigenvalue weighted by atomic mass is 35.5. The molecule has 1 aliphatic rings. The Kier molecular flexibility index (Phi) is 3.38. The highest BCUT2D eigenvalue weighted by Gasteiger charge is 2.33. The van der Waals surface area contributed by atoms with Crippen LogP contribution in [0, 0.1) is 0 Å². The summed E-state index contributed by atoms with van der Waals surface area (Å²) in [5, 5.41) is 0.676. The summed E-state index contributed by atoms with van der Waals surface area (Å²) >= 11 is 6.16. The molecule has 0 aromatic heterocycles. The molecule has 0 N–H and O–H groups in total. The summed E-state index contributed by atoms with van der Waals surface area (Å²) in [6.07, 6.45) is -0.320. The van der Waals surface area contributed by atoms with E-state index in [1.807, 2.05) is 32.0 Å². The summed E-state index contributed by atoms with van der Waals surface area (Å²) in [6.45, 7) is 3.86. The maximum absolute atomic E-state index is 6.16. The van der Waals surface area contributed by atoms with E-state index < -0.39 is 0 Å². The van der Waals surface area contributed by atoms with Gasteiger partial charge in [-0.3, -0.25) is 0 Å². The molecule has 0 saturated carbocycles. The van der Waals surface area contributed by atoms with Gasteiger partial charge in [0, 0.05) is 10.6 Å². The molecule has 4 heteroatoms. The average molecular weight is 243 g/mol. The summed E-state index contributed by atoms with van der Waals surface area (Å²) in [5.74, 6) is 0.773. The molecule has 1 aliphatic heterocycles. The molecular weight excluding hydrogens is 228 g/mol. The third kappa shape index (κ3) is 2.17. The fourth-order valence-corrected chi connectivity index (χ4v) is 2.14. The summed E-state index contributed by atoms with van der Waals surface area (Å²) in [4.78, 5) is 0. The van der Waals surface area contributed by atoms with E-state index in [9.17, 15) is 0 Å². The van der Waals surface area contributed by atoms with Gasteiger partial charge in [-0.05, 0) is 32.0 Å². The van der Waals surface area contributed by atoms with E-state index in [-0.39, 0.29) is 18.5 Å². The van der Waals surface area contributed by atoms with Crippen LogP contribution in [0.1, 0.15) is 25.5 Å². The second kappa shape index (κ2) is 4.62. The van der Waals surface area contributed by atoms with Gasteiger partial charge in [0.05, 0.1) is 13.2 Å². The van der Waals surface area contributed by atoms with Crippen molar-refractivity contribution < 1.29 is 14.2 Å². The van der Waals surface area contributed by atoms with Gasteiger partial charge in [-0.15, -0.1) is 0 Å². The van der Waals surface area contributed by atoms with Crippen molar-refractivity contribution in [2.45, 2.75) is 32.3 Å². The minimum absolute atomic E-state index is 0.000365. The average Bonchev–Trinajstić information content (AvgIpc) is 2.58. The molecule has 1 fully saturated rings. The van der Waals surface area contributed by atoms with Crippen molar-refractivity contribution in [3.8, 4) is 5.75 Å². The maximum Gasteiger partial charge on any atom is 0.156 e. The number of benzene rings is 1. The minimum atomic E-state index is -0.192. The van der Waals surface area contributed by atoms with Gasteiger partial charge in [-0.1, -0.05) is 11.6 Å². The lowest BCUT2D eigenvalue weighted by Crippen LogP contribution is -2.10. The zero-order chi connectivity index (χ0) is 11.7. The number of hydrogen-bond acceptors (Lipinski definition) is 3. The highest BCUT2D eigenvalue weighted by molar-refractivity contribution is 6.31. The Balaban J connectivity index is 2.32. The quantitative estimate of drug-likeness (QED) is 0.797. The molecule has 16 heavy (non-hydrogen) atoms. The van der Waals surface area contributed by atoms with Crippen LogP contribution >= 0.6 is 11.6 Å². The first-order chi connectivity index (χ1) is 7.61. The molecule has 1 saturated heterocycles. The van der Waals surface area contributed by atoms with E-state index in [4.69, 9.17) is 25.8 Å². The third-order valence-electron chi connectivity index (χ3n) is 2.68. The summed E-state index contributed by atoms with van der Waals surface area (Å²) in [7, 11) is 1.63. The number of halogens is 1. The van der Waals surface area contributed by atoms with E-state index >= 15 is 0 Å². The molecule has 0 unspecified atom stereocenters. The molecule has 0 aliphatic carbocycles. The van der Waals surface area contributed by atoms with Crippen LogP contribution in [-0.4, -0.2) is 19.5 Å². The van der Waals surface area contributed by atoms with Gasteiger partial charge in [0.25, 0.3) is 0 Å². The Labute approximate surface area is 100 Å². The lowest BCUT2D eigenvalue weighted by atomic mass is 10.1. The Hall–Kier alpha value is -0.770. The van der Waals surface area contributed by atoms with Gasteiger partial charge in [0.1, 0.15) is 11.9 Å². The van der Waals surface area contributed by atoms with Crippen LogP contribution in [0.3, 0.4) is 0 Å². The van der Waals surface area contributed by atoms with Crippen LogP contribution < -0.4 is 4.74 Å². The normalized spacial score (nSPS) is 29.4. The molecule has 3 nitrogen and oxygen atoms in total. The molecule has 3 atom stereocenters. The largest absolute Gasteiger partial charge is 0.497 e. The van der Waals surface area contributed by atoms with Crippen LogP contribution in [-0.2, 0) is 9.47 Å². The molecule has 0 spiro atoms. The van der Waals surface area contributed by atoms with Gasteiger partial charge >= 0.3 is 0 Å². The first kappa shape index (κ1) is 11.7. The smallest absolute Gasteiger partial charge is 0.156 e. The van der Waals surface area contributed by atoms with Crippen LogP contribution in [0.25, 0.3) is 0 Å². The molecule has 1 aromatic rings. The van der Waals surface area contributed by atoms with Gasteiger partial charge in [0.15, 0.2) is 6.29 Å². The third-order valence-corrected chi connectivity index (χ3v) is 3.02. The number of ether oxygens (including phenoxy) is 3. The highest BCUT2D eigenvalue weighted by Crippen LogP contribution is 2.37. The van der Waals surface area contributed by atoms with Crippen molar-refractivity contribution in [1.29, 1.82) is 0 Å². The van der Waals surface area contributed by atoms with Crippen LogP contribution in [0.5, 0.6) is 5.75 Å². The Morgan fingerprint density at radius 3 is 2.56 bits per heavy atom. The Morgan fingerprint density at radius 1 is 1.25 bits per heavy atom. The van der Waals surface area contributed by atoms with Crippen molar-refractivity contribution in [2.75, 3.05) is 7.11 Å². The molecule has 88 valence electrons. The van der Waals surface area contributed by atoms with Crippen LogP contribution in [0.4, 0.5) is 0 Å². The van der Waals surface area contributed by atoms with Crippen molar-refractivity contribution in [1.82, 2.24) is 0 Å². The summed E-state index contributed by atoms with van der Waals surface area (Å²) < 4.78 is 16.4. The molecule has 1 heterocycles. The summed E-state index contributed by atoms with van der Waals surface area (Å²) in [6, 6.07) is 5.54. The van der Waals surface area contributed by atoms with Crippen molar-refractivity contribution in [3.05, 3.63) is 28.8 Å². The molecule has 0 radical (unpaired) electrons. The van der Waals surface area contributed by atoms with Gasteiger partial charge < -0.3 is 14.2 Å². The molecule has 1 aromatic carbocycles. The lowest BCUT2D eigenvalue weighted by Gasteiger charge is -2.15. The first-order valence-corrected chi connectivity index (χ1v) is 5.64. The SMILES string of the molecule is COc1ccc(Cl)c([C@H]2O[C@@H](C)O[C@H]2C)c1. The second-order valence-electron chi connectivity index (χ2n) is 3.85. The standard InChI is InChI=1S/C12H15ClO3/c1-7-12(16-8(2)15-7)10-6-9(14-3)4-5-11(10)13/h4-8,12H,1-3H3/t7-,8-,12-/m0/s1. The predicted octanol–water partition coefficient (Wildman–Crippen LogP) is 3.17. The van der Waals surface area contributed by atoms with Gasteiger partial charge in [-0.25, -0.2) is 0 Å².